The van der Waals surface area contributed by atoms with Gasteiger partial charge in [0.1, 0.15) is 0 Å². The highest BCUT2D eigenvalue weighted by Crippen LogP contribution is 2.13. The number of primary amides is 1. The van der Waals surface area contributed by atoms with Crippen LogP contribution in [0.4, 0.5) is 15.3 Å². The Morgan fingerprint density at radius 3 is 2.67 bits per heavy atom. The zero-order valence-electron chi connectivity index (χ0n) is 10.0. The molecule has 0 unspecified atom stereocenters. The molecule has 6 nitrogen and oxygen atoms in total. The molecular weight excluding hydrogens is 232 g/mol. The van der Waals surface area contributed by atoms with Crippen LogP contribution in [0.2, 0.25) is 0 Å². The Balaban J connectivity index is 2.77. The molecule has 0 aliphatic heterocycles. The van der Waals surface area contributed by atoms with Gasteiger partial charge in [-0.3, -0.25) is 0 Å². The van der Waals surface area contributed by atoms with Crippen molar-refractivity contribution in [3.05, 3.63) is 29.8 Å². The summed E-state index contributed by atoms with van der Waals surface area (Å²) in [7, 11) is 0. The van der Waals surface area contributed by atoms with E-state index in [1.165, 1.54) is 0 Å². The molecular formula is C12H14N4O2. The number of benzene rings is 1. The van der Waals surface area contributed by atoms with E-state index in [0.717, 1.165) is 10.5 Å². The lowest BCUT2D eigenvalue weighted by Gasteiger charge is -2.18. The van der Waals surface area contributed by atoms with E-state index in [1.54, 1.807) is 12.1 Å². The van der Waals surface area contributed by atoms with Crippen LogP contribution in [-0.4, -0.2) is 23.5 Å². The fraction of sp³-hybridized carbons (Fsp3) is 0.250. The zero-order chi connectivity index (χ0) is 13.5. The Morgan fingerprint density at radius 1 is 1.44 bits per heavy atom. The van der Waals surface area contributed by atoms with Gasteiger partial charge in [-0.1, -0.05) is 18.2 Å². The Morgan fingerprint density at radius 2 is 2.11 bits per heavy atom. The van der Waals surface area contributed by atoms with Gasteiger partial charge in [-0.25, -0.2) is 14.5 Å². The van der Waals surface area contributed by atoms with Gasteiger partial charge in [-0.15, -0.1) is 0 Å². The van der Waals surface area contributed by atoms with Gasteiger partial charge in [-0.05, 0) is 18.6 Å². The van der Waals surface area contributed by atoms with Crippen LogP contribution in [0.5, 0.6) is 0 Å². The van der Waals surface area contributed by atoms with Crippen LogP contribution >= 0.6 is 0 Å². The average Bonchev–Trinajstić information content (AvgIpc) is 2.32. The first-order valence-corrected chi connectivity index (χ1v) is 5.36. The van der Waals surface area contributed by atoms with E-state index in [-0.39, 0.29) is 13.0 Å². The Kier molecular flexibility index (Phi) is 4.69. The van der Waals surface area contributed by atoms with Crippen molar-refractivity contribution in [2.24, 2.45) is 5.73 Å². The highest BCUT2D eigenvalue weighted by Gasteiger charge is 2.18. The van der Waals surface area contributed by atoms with Crippen molar-refractivity contribution in [1.29, 1.82) is 5.26 Å². The van der Waals surface area contributed by atoms with Gasteiger partial charge in [0, 0.05) is 12.2 Å². The van der Waals surface area contributed by atoms with Gasteiger partial charge < -0.3 is 11.1 Å². The summed E-state index contributed by atoms with van der Waals surface area (Å²) >= 11 is 0. The summed E-state index contributed by atoms with van der Waals surface area (Å²) in [6.07, 6.45) is 0.0458. The van der Waals surface area contributed by atoms with Gasteiger partial charge in [0.15, 0.2) is 0 Å². The molecule has 0 saturated heterocycles. The minimum atomic E-state index is -0.878. The maximum absolute atomic E-state index is 11.8. The summed E-state index contributed by atoms with van der Waals surface area (Å²) in [6, 6.07) is 7.50. The number of carbonyl (C=O) groups excluding carboxylic acids is 2. The molecule has 3 N–H and O–H groups in total. The number of nitrogens with zero attached hydrogens (tertiary/aromatic N) is 2. The summed E-state index contributed by atoms with van der Waals surface area (Å²) in [5, 5.41) is 11.0. The lowest BCUT2D eigenvalue weighted by Crippen LogP contribution is -2.43. The quantitative estimate of drug-likeness (QED) is 0.850. The average molecular weight is 246 g/mol. The SMILES string of the molecule is Cc1ccccc1NC(=O)N(CCC#N)C(N)=O. The third kappa shape index (κ3) is 3.49. The van der Waals surface area contributed by atoms with Crippen LogP contribution < -0.4 is 11.1 Å². The molecule has 4 amide bonds. The molecule has 0 spiro atoms. The standard InChI is InChI=1S/C12H14N4O2/c1-9-5-2-3-6-10(9)15-12(18)16(11(14)17)8-4-7-13/h2-3,5-6H,4,8H2,1H3,(H2,14,17)(H,15,18). The van der Waals surface area contributed by atoms with Crippen LogP contribution in [0.25, 0.3) is 0 Å². The topological polar surface area (TPSA) is 99.2 Å². The summed E-state index contributed by atoms with van der Waals surface area (Å²) in [5.41, 5.74) is 6.56. The van der Waals surface area contributed by atoms with Crippen molar-refractivity contribution in [3.63, 3.8) is 0 Å². The van der Waals surface area contributed by atoms with Crippen LogP contribution in [0.15, 0.2) is 24.3 Å². The fourth-order valence-corrected chi connectivity index (χ4v) is 1.37. The third-order valence-electron chi connectivity index (χ3n) is 2.35. The van der Waals surface area contributed by atoms with E-state index in [1.807, 2.05) is 25.1 Å². The summed E-state index contributed by atoms with van der Waals surface area (Å²) in [6.45, 7) is 1.81. The number of imide groups is 1. The third-order valence-corrected chi connectivity index (χ3v) is 2.35. The van der Waals surface area contributed by atoms with Crippen LogP contribution in [0.1, 0.15) is 12.0 Å². The van der Waals surface area contributed by atoms with Crippen molar-refractivity contribution >= 4 is 17.7 Å². The van der Waals surface area contributed by atoms with Gasteiger partial charge in [0.25, 0.3) is 0 Å². The number of amides is 4. The van der Waals surface area contributed by atoms with Gasteiger partial charge >= 0.3 is 12.1 Å². The highest BCUT2D eigenvalue weighted by atomic mass is 16.2. The number of nitrogens with two attached hydrogens (primary N) is 1. The van der Waals surface area contributed by atoms with E-state index in [4.69, 9.17) is 11.0 Å². The summed E-state index contributed by atoms with van der Waals surface area (Å²) in [4.78, 5) is 23.7. The minimum absolute atomic E-state index is 0.0243. The molecule has 94 valence electrons. The Bertz CT molecular complexity index is 493. The lowest BCUT2D eigenvalue weighted by molar-refractivity contribution is 0.200. The second kappa shape index (κ2) is 6.25. The number of nitrogens with one attached hydrogen (secondary N) is 1. The normalized spacial score (nSPS) is 9.33. The molecule has 0 atom stereocenters. The molecule has 0 fully saturated rings. The zero-order valence-corrected chi connectivity index (χ0v) is 10.0. The van der Waals surface area contributed by atoms with E-state index < -0.39 is 12.1 Å². The first-order chi connectivity index (χ1) is 8.56. The number of hydrogen-bond acceptors (Lipinski definition) is 3. The number of urea groups is 2. The largest absolute Gasteiger partial charge is 0.351 e. The number of carbonyl (C=O) groups is 2. The highest BCUT2D eigenvalue weighted by molar-refractivity contribution is 6.00. The molecule has 0 radical (unpaired) electrons. The molecule has 6 heteroatoms. The molecule has 0 saturated carbocycles. The van der Waals surface area contributed by atoms with E-state index in [9.17, 15) is 9.59 Å². The number of anilines is 1. The lowest BCUT2D eigenvalue weighted by atomic mass is 10.2. The van der Waals surface area contributed by atoms with Gasteiger partial charge in [0.05, 0.1) is 12.5 Å². The number of rotatable bonds is 3. The Hall–Kier alpha value is -2.55. The molecule has 1 aromatic rings. The maximum atomic E-state index is 11.8. The monoisotopic (exact) mass is 246 g/mol. The molecule has 0 heterocycles. The molecule has 1 aromatic carbocycles. The van der Waals surface area contributed by atoms with Crippen molar-refractivity contribution in [2.45, 2.75) is 13.3 Å². The summed E-state index contributed by atoms with van der Waals surface area (Å²) < 4.78 is 0. The Labute approximate surface area is 105 Å². The van der Waals surface area contributed by atoms with Gasteiger partial charge in [0.2, 0.25) is 0 Å². The number of para-hydroxylation sites is 1. The second-order valence-corrected chi connectivity index (χ2v) is 3.64. The predicted octanol–water partition coefficient (Wildman–Crippen LogP) is 1.82. The fourth-order valence-electron chi connectivity index (χ4n) is 1.37. The number of nitriles is 1. The van der Waals surface area contributed by atoms with E-state index >= 15 is 0 Å². The molecule has 0 bridgehead atoms. The second-order valence-electron chi connectivity index (χ2n) is 3.64. The van der Waals surface area contributed by atoms with Gasteiger partial charge in [-0.2, -0.15) is 5.26 Å². The predicted molar refractivity (Wildman–Crippen MR) is 66.7 cm³/mol. The minimum Gasteiger partial charge on any atom is -0.351 e. The van der Waals surface area contributed by atoms with Crippen LogP contribution in [0, 0.1) is 18.3 Å². The summed E-state index contributed by atoms with van der Waals surface area (Å²) in [5.74, 6) is 0. The van der Waals surface area contributed by atoms with Crippen molar-refractivity contribution < 1.29 is 9.59 Å². The first kappa shape index (κ1) is 13.5. The molecule has 0 aromatic heterocycles. The van der Waals surface area contributed by atoms with E-state index in [0.29, 0.717) is 5.69 Å². The van der Waals surface area contributed by atoms with Crippen molar-refractivity contribution in [2.75, 3.05) is 11.9 Å². The molecule has 18 heavy (non-hydrogen) atoms. The molecule has 0 aliphatic rings. The number of aryl methyl sites for hydroxylation is 1. The van der Waals surface area contributed by atoms with Crippen molar-refractivity contribution in [1.82, 2.24) is 4.90 Å². The maximum Gasteiger partial charge on any atom is 0.330 e. The molecule has 0 aliphatic carbocycles. The number of hydrogen-bond donors (Lipinski definition) is 2. The smallest absolute Gasteiger partial charge is 0.330 e. The van der Waals surface area contributed by atoms with Crippen LogP contribution in [0.3, 0.4) is 0 Å². The van der Waals surface area contributed by atoms with E-state index in [2.05, 4.69) is 5.32 Å². The van der Waals surface area contributed by atoms with Crippen LogP contribution in [-0.2, 0) is 0 Å². The molecule has 1 rings (SSSR count). The van der Waals surface area contributed by atoms with Crippen molar-refractivity contribution in [3.8, 4) is 6.07 Å². The first-order valence-electron chi connectivity index (χ1n) is 5.36.